The number of anilines is 2. The van der Waals surface area contributed by atoms with Gasteiger partial charge in [-0.05, 0) is 31.5 Å². The van der Waals surface area contributed by atoms with Crippen molar-refractivity contribution in [2.24, 2.45) is 0 Å². The number of hydrogen-bond donors (Lipinski definition) is 2. The van der Waals surface area contributed by atoms with Crippen LogP contribution in [0.25, 0.3) is 0 Å². The largest absolute Gasteiger partial charge is 0.397 e. The molecule has 0 saturated heterocycles. The molecule has 0 fully saturated rings. The van der Waals surface area contributed by atoms with Crippen LogP contribution in [-0.2, 0) is 9.53 Å². The molecule has 0 unspecified atom stereocenters. The third kappa shape index (κ3) is 4.82. The minimum absolute atomic E-state index is 0.150. The zero-order valence-electron chi connectivity index (χ0n) is 9.83. The summed E-state index contributed by atoms with van der Waals surface area (Å²) < 4.78 is 17.9. The minimum Gasteiger partial charge on any atom is -0.397 e. The molecule has 1 rings (SSSR count). The van der Waals surface area contributed by atoms with Gasteiger partial charge in [-0.3, -0.25) is 4.79 Å². The monoisotopic (exact) mass is 240 g/mol. The SMILES string of the molecule is CCOCCCC(=O)Nc1ccc(F)cc1N. The molecule has 3 N–H and O–H groups in total. The zero-order valence-corrected chi connectivity index (χ0v) is 9.83. The van der Waals surface area contributed by atoms with E-state index in [0.29, 0.717) is 31.7 Å². The van der Waals surface area contributed by atoms with Gasteiger partial charge in [0.05, 0.1) is 11.4 Å². The first kappa shape index (κ1) is 13.4. The van der Waals surface area contributed by atoms with Crippen molar-refractivity contribution in [2.75, 3.05) is 24.3 Å². The molecule has 0 spiro atoms. The minimum atomic E-state index is -0.420. The Hall–Kier alpha value is -1.62. The van der Waals surface area contributed by atoms with Crippen LogP contribution in [0.3, 0.4) is 0 Å². The number of benzene rings is 1. The summed E-state index contributed by atoms with van der Waals surface area (Å²) in [6, 6.07) is 3.88. The van der Waals surface area contributed by atoms with E-state index in [1.165, 1.54) is 18.2 Å². The van der Waals surface area contributed by atoms with Gasteiger partial charge in [-0.1, -0.05) is 0 Å². The highest BCUT2D eigenvalue weighted by molar-refractivity contribution is 5.93. The Kier molecular flexibility index (Phi) is 5.42. The first-order valence-electron chi connectivity index (χ1n) is 5.56. The molecule has 1 amide bonds. The number of nitrogens with two attached hydrogens (primary N) is 1. The number of hydrogen-bond acceptors (Lipinski definition) is 3. The maximum absolute atomic E-state index is 12.8. The van der Waals surface area contributed by atoms with Crippen molar-refractivity contribution in [3.63, 3.8) is 0 Å². The highest BCUT2D eigenvalue weighted by Crippen LogP contribution is 2.19. The lowest BCUT2D eigenvalue weighted by atomic mass is 10.2. The molecule has 94 valence electrons. The van der Waals surface area contributed by atoms with E-state index in [0.717, 1.165) is 0 Å². The van der Waals surface area contributed by atoms with Gasteiger partial charge in [0.1, 0.15) is 5.82 Å². The number of halogens is 1. The topological polar surface area (TPSA) is 64.3 Å². The summed E-state index contributed by atoms with van der Waals surface area (Å²) >= 11 is 0. The number of carbonyl (C=O) groups excluding carboxylic acids is 1. The molecule has 0 bridgehead atoms. The number of nitrogen functional groups attached to an aromatic ring is 1. The van der Waals surface area contributed by atoms with E-state index in [-0.39, 0.29) is 11.6 Å². The fraction of sp³-hybridized carbons (Fsp3) is 0.417. The molecule has 1 aromatic rings. The summed E-state index contributed by atoms with van der Waals surface area (Å²) in [6.45, 7) is 3.11. The van der Waals surface area contributed by atoms with E-state index in [9.17, 15) is 9.18 Å². The lowest BCUT2D eigenvalue weighted by molar-refractivity contribution is -0.116. The van der Waals surface area contributed by atoms with Gasteiger partial charge in [-0.2, -0.15) is 0 Å². The van der Waals surface area contributed by atoms with E-state index >= 15 is 0 Å². The van der Waals surface area contributed by atoms with Gasteiger partial charge >= 0.3 is 0 Å². The molecule has 1 aromatic carbocycles. The molecule has 0 aliphatic carbocycles. The Morgan fingerprint density at radius 2 is 2.29 bits per heavy atom. The third-order valence-corrected chi connectivity index (χ3v) is 2.18. The van der Waals surface area contributed by atoms with Crippen LogP contribution >= 0.6 is 0 Å². The molecule has 17 heavy (non-hydrogen) atoms. The molecular formula is C12H17FN2O2. The molecular weight excluding hydrogens is 223 g/mol. The molecule has 0 aliphatic heterocycles. The normalized spacial score (nSPS) is 10.2. The highest BCUT2D eigenvalue weighted by atomic mass is 19.1. The van der Waals surface area contributed by atoms with Crippen molar-refractivity contribution in [1.29, 1.82) is 0 Å². The molecule has 0 radical (unpaired) electrons. The summed E-state index contributed by atoms with van der Waals surface area (Å²) in [7, 11) is 0. The Morgan fingerprint density at radius 1 is 1.53 bits per heavy atom. The van der Waals surface area contributed by atoms with Crippen LogP contribution in [0.15, 0.2) is 18.2 Å². The van der Waals surface area contributed by atoms with Crippen LogP contribution < -0.4 is 11.1 Å². The Bertz CT molecular complexity index is 383. The van der Waals surface area contributed by atoms with Crippen LogP contribution in [-0.4, -0.2) is 19.1 Å². The van der Waals surface area contributed by atoms with E-state index < -0.39 is 5.82 Å². The molecule has 5 heteroatoms. The number of rotatable bonds is 6. The molecule has 0 aromatic heterocycles. The summed E-state index contributed by atoms with van der Waals surface area (Å²) in [5.41, 5.74) is 6.23. The number of nitrogens with one attached hydrogen (secondary N) is 1. The first-order valence-corrected chi connectivity index (χ1v) is 5.56. The fourth-order valence-corrected chi connectivity index (χ4v) is 1.34. The summed E-state index contributed by atoms with van der Waals surface area (Å²) in [5, 5.41) is 2.63. The first-order chi connectivity index (χ1) is 8.13. The van der Waals surface area contributed by atoms with Gasteiger partial charge in [0, 0.05) is 19.6 Å². The average Bonchev–Trinajstić information content (AvgIpc) is 2.28. The van der Waals surface area contributed by atoms with E-state index in [4.69, 9.17) is 10.5 Å². The van der Waals surface area contributed by atoms with Gasteiger partial charge in [0.15, 0.2) is 0 Å². The fourth-order valence-electron chi connectivity index (χ4n) is 1.34. The Balaban J connectivity index is 2.40. The summed E-state index contributed by atoms with van der Waals surface area (Å²) in [5.74, 6) is -0.570. The second-order valence-electron chi connectivity index (χ2n) is 3.58. The molecule has 0 aliphatic rings. The molecule has 0 atom stereocenters. The van der Waals surface area contributed by atoms with Crippen LogP contribution in [0.1, 0.15) is 19.8 Å². The van der Waals surface area contributed by atoms with Crippen molar-refractivity contribution in [2.45, 2.75) is 19.8 Å². The second-order valence-corrected chi connectivity index (χ2v) is 3.58. The van der Waals surface area contributed by atoms with Crippen LogP contribution in [0.2, 0.25) is 0 Å². The van der Waals surface area contributed by atoms with Gasteiger partial charge in [0.2, 0.25) is 5.91 Å². The summed E-state index contributed by atoms with van der Waals surface area (Å²) in [4.78, 5) is 11.5. The molecule has 0 heterocycles. The van der Waals surface area contributed by atoms with Crippen molar-refractivity contribution in [3.8, 4) is 0 Å². The zero-order chi connectivity index (χ0) is 12.7. The summed E-state index contributed by atoms with van der Waals surface area (Å²) in [6.07, 6.45) is 1.01. The van der Waals surface area contributed by atoms with Crippen LogP contribution in [0.4, 0.5) is 15.8 Å². The number of carbonyl (C=O) groups is 1. The predicted octanol–water partition coefficient (Wildman–Crippen LogP) is 2.16. The number of ether oxygens (including phenoxy) is 1. The van der Waals surface area contributed by atoms with Gasteiger partial charge in [-0.25, -0.2) is 4.39 Å². The number of amides is 1. The van der Waals surface area contributed by atoms with Gasteiger partial charge in [0.25, 0.3) is 0 Å². The van der Waals surface area contributed by atoms with E-state index in [2.05, 4.69) is 5.32 Å². The Labute approximate surface area is 100.0 Å². The van der Waals surface area contributed by atoms with Gasteiger partial charge < -0.3 is 15.8 Å². The van der Waals surface area contributed by atoms with Gasteiger partial charge in [-0.15, -0.1) is 0 Å². The second kappa shape index (κ2) is 6.85. The lowest BCUT2D eigenvalue weighted by Crippen LogP contribution is -2.13. The smallest absolute Gasteiger partial charge is 0.224 e. The van der Waals surface area contributed by atoms with E-state index in [1.807, 2.05) is 6.92 Å². The van der Waals surface area contributed by atoms with Crippen molar-refractivity contribution >= 4 is 17.3 Å². The highest BCUT2D eigenvalue weighted by Gasteiger charge is 2.05. The molecule has 0 saturated carbocycles. The van der Waals surface area contributed by atoms with Crippen LogP contribution in [0, 0.1) is 5.82 Å². The Morgan fingerprint density at radius 3 is 2.94 bits per heavy atom. The van der Waals surface area contributed by atoms with Crippen LogP contribution in [0.5, 0.6) is 0 Å². The standard InChI is InChI=1S/C12H17FN2O2/c1-2-17-7-3-4-12(16)15-11-6-5-9(13)8-10(11)14/h5-6,8H,2-4,7,14H2,1H3,(H,15,16). The maximum atomic E-state index is 12.8. The van der Waals surface area contributed by atoms with Crippen molar-refractivity contribution in [3.05, 3.63) is 24.0 Å². The predicted molar refractivity (Wildman–Crippen MR) is 65.2 cm³/mol. The van der Waals surface area contributed by atoms with Crippen molar-refractivity contribution in [1.82, 2.24) is 0 Å². The average molecular weight is 240 g/mol. The third-order valence-electron chi connectivity index (χ3n) is 2.18. The maximum Gasteiger partial charge on any atom is 0.224 e. The van der Waals surface area contributed by atoms with Crippen molar-refractivity contribution < 1.29 is 13.9 Å². The lowest BCUT2D eigenvalue weighted by Gasteiger charge is -2.08. The molecule has 4 nitrogen and oxygen atoms in total. The van der Waals surface area contributed by atoms with E-state index in [1.54, 1.807) is 0 Å². The quantitative estimate of drug-likeness (QED) is 0.591.